The highest BCUT2D eigenvalue weighted by Crippen LogP contribution is 2.24. The molecule has 4 rings (SSSR count). The van der Waals surface area contributed by atoms with E-state index in [1.54, 1.807) is 36.6 Å². The molecular formula is C22H17FN2O3S. The molecule has 0 fully saturated rings. The van der Waals surface area contributed by atoms with Crippen LogP contribution in [0.4, 0.5) is 4.39 Å². The third-order valence-corrected chi connectivity index (χ3v) is 4.99. The van der Waals surface area contributed by atoms with Crippen LogP contribution in [0.2, 0.25) is 0 Å². The van der Waals surface area contributed by atoms with Gasteiger partial charge in [0, 0.05) is 11.9 Å². The fourth-order valence-electron chi connectivity index (χ4n) is 2.64. The molecule has 0 atom stereocenters. The van der Waals surface area contributed by atoms with E-state index in [1.165, 1.54) is 23.5 Å². The Morgan fingerprint density at radius 2 is 1.79 bits per heavy atom. The Bertz CT molecular complexity index is 1070. The number of carbonyl (C=O) groups excluding carboxylic acids is 1. The average Bonchev–Trinajstić information content (AvgIpc) is 3.41. The second kappa shape index (κ2) is 8.70. The molecule has 2 aromatic carbocycles. The number of hydrogen-bond acceptors (Lipinski definition) is 5. The van der Waals surface area contributed by atoms with E-state index in [2.05, 4.69) is 10.3 Å². The number of rotatable bonds is 7. The van der Waals surface area contributed by atoms with E-state index < -0.39 is 0 Å². The number of ether oxygens (including phenoxy) is 1. The molecular weight excluding hydrogens is 391 g/mol. The number of nitrogens with zero attached hydrogens (tertiary/aromatic N) is 1. The molecule has 146 valence electrons. The molecule has 0 radical (unpaired) electrons. The standard InChI is InChI=1S/C22H17FN2O3S/c23-16-5-9-19(10-6-16)28-18-7-3-15(4-8-18)13-24-21(26)12-17-14-29-22(25-17)20-2-1-11-27-20/h1-11,14H,12-13H2,(H,24,26). The van der Waals surface area contributed by atoms with E-state index in [-0.39, 0.29) is 18.1 Å². The number of nitrogens with one attached hydrogen (secondary N) is 1. The van der Waals surface area contributed by atoms with E-state index in [1.807, 2.05) is 23.6 Å². The molecule has 2 heterocycles. The quantitative estimate of drug-likeness (QED) is 0.457. The van der Waals surface area contributed by atoms with Crippen LogP contribution in [0.1, 0.15) is 11.3 Å². The summed E-state index contributed by atoms with van der Waals surface area (Å²) in [6.45, 7) is 0.408. The van der Waals surface area contributed by atoms with E-state index in [0.717, 1.165) is 10.6 Å². The molecule has 0 saturated heterocycles. The first-order valence-corrected chi connectivity index (χ1v) is 9.81. The third-order valence-electron chi connectivity index (χ3n) is 4.09. The molecule has 0 saturated carbocycles. The zero-order chi connectivity index (χ0) is 20.1. The van der Waals surface area contributed by atoms with Crippen LogP contribution in [0.25, 0.3) is 10.8 Å². The van der Waals surface area contributed by atoms with Gasteiger partial charge in [-0.05, 0) is 54.1 Å². The first-order valence-electron chi connectivity index (χ1n) is 8.93. The molecule has 4 aromatic rings. The molecule has 0 unspecified atom stereocenters. The Morgan fingerprint density at radius 1 is 1.07 bits per heavy atom. The molecule has 7 heteroatoms. The molecule has 2 aromatic heterocycles. The molecule has 1 N–H and O–H groups in total. The van der Waals surface area contributed by atoms with Crippen molar-refractivity contribution in [3.8, 4) is 22.3 Å². The number of thiazole rings is 1. The van der Waals surface area contributed by atoms with Crippen LogP contribution in [0.5, 0.6) is 11.5 Å². The fourth-order valence-corrected chi connectivity index (χ4v) is 3.43. The summed E-state index contributed by atoms with van der Waals surface area (Å²) in [5, 5.41) is 5.51. The van der Waals surface area contributed by atoms with Crippen molar-refractivity contribution in [3.63, 3.8) is 0 Å². The van der Waals surface area contributed by atoms with Gasteiger partial charge in [0.15, 0.2) is 10.8 Å². The van der Waals surface area contributed by atoms with Crippen molar-refractivity contribution in [2.24, 2.45) is 0 Å². The van der Waals surface area contributed by atoms with Crippen LogP contribution < -0.4 is 10.1 Å². The van der Waals surface area contributed by atoms with Gasteiger partial charge in [-0.25, -0.2) is 9.37 Å². The van der Waals surface area contributed by atoms with Crippen molar-refractivity contribution in [2.75, 3.05) is 0 Å². The van der Waals surface area contributed by atoms with Gasteiger partial charge in [0.25, 0.3) is 0 Å². The maximum atomic E-state index is 12.9. The lowest BCUT2D eigenvalue weighted by atomic mass is 10.2. The Balaban J connectivity index is 1.27. The maximum Gasteiger partial charge on any atom is 0.226 e. The van der Waals surface area contributed by atoms with Crippen molar-refractivity contribution in [1.82, 2.24) is 10.3 Å². The SMILES string of the molecule is O=C(Cc1csc(-c2ccco2)n1)NCc1ccc(Oc2ccc(F)cc2)cc1. The molecule has 5 nitrogen and oxygen atoms in total. The molecule has 0 spiro atoms. The lowest BCUT2D eigenvalue weighted by Gasteiger charge is -2.08. The van der Waals surface area contributed by atoms with Gasteiger partial charge in [-0.15, -0.1) is 11.3 Å². The van der Waals surface area contributed by atoms with Crippen LogP contribution in [-0.2, 0) is 17.8 Å². The molecule has 0 aliphatic carbocycles. The van der Waals surface area contributed by atoms with Gasteiger partial charge >= 0.3 is 0 Å². The van der Waals surface area contributed by atoms with Gasteiger partial charge in [0.2, 0.25) is 5.91 Å². The Kier molecular flexibility index (Phi) is 5.67. The van der Waals surface area contributed by atoms with Crippen LogP contribution in [0.3, 0.4) is 0 Å². The number of furan rings is 1. The molecule has 0 aliphatic heterocycles. The Hall–Kier alpha value is -3.45. The number of aromatic nitrogens is 1. The topological polar surface area (TPSA) is 64.4 Å². The Morgan fingerprint density at radius 3 is 2.48 bits per heavy atom. The van der Waals surface area contributed by atoms with Crippen molar-refractivity contribution < 1.29 is 18.3 Å². The largest absolute Gasteiger partial charge is 0.462 e. The average molecular weight is 408 g/mol. The van der Waals surface area contributed by atoms with Crippen LogP contribution >= 0.6 is 11.3 Å². The zero-order valence-corrected chi connectivity index (χ0v) is 16.1. The van der Waals surface area contributed by atoms with E-state index in [0.29, 0.717) is 29.5 Å². The van der Waals surface area contributed by atoms with Gasteiger partial charge in [0.1, 0.15) is 17.3 Å². The lowest BCUT2D eigenvalue weighted by molar-refractivity contribution is -0.120. The number of hydrogen-bond donors (Lipinski definition) is 1. The molecule has 0 aliphatic rings. The highest BCUT2D eigenvalue weighted by molar-refractivity contribution is 7.13. The van der Waals surface area contributed by atoms with E-state index in [9.17, 15) is 9.18 Å². The van der Waals surface area contributed by atoms with Crippen molar-refractivity contribution in [1.29, 1.82) is 0 Å². The second-order valence-electron chi connectivity index (χ2n) is 6.27. The van der Waals surface area contributed by atoms with Crippen molar-refractivity contribution in [3.05, 3.63) is 89.4 Å². The summed E-state index contributed by atoms with van der Waals surface area (Å²) in [5.41, 5.74) is 1.65. The fraction of sp³-hybridized carbons (Fsp3) is 0.0909. The van der Waals surface area contributed by atoms with Gasteiger partial charge in [-0.2, -0.15) is 0 Å². The second-order valence-corrected chi connectivity index (χ2v) is 7.13. The molecule has 1 amide bonds. The summed E-state index contributed by atoms with van der Waals surface area (Å²) >= 11 is 1.45. The van der Waals surface area contributed by atoms with Gasteiger partial charge in [-0.1, -0.05) is 12.1 Å². The summed E-state index contributed by atoms with van der Waals surface area (Å²) in [5.74, 6) is 1.49. The highest BCUT2D eigenvalue weighted by atomic mass is 32.1. The summed E-state index contributed by atoms with van der Waals surface area (Å²) in [4.78, 5) is 16.6. The minimum atomic E-state index is -0.307. The van der Waals surface area contributed by atoms with Gasteiger partial charge in [-0.3, -0.25) is 4.79 Å². The lowest BCUT2D eigenvalue weighted by Crippen LogP contribution is -2.24. The summed E-state index contributed by atoms with van der Waals surface area (Å²) in [6, 6.07) is 16.8. The van der Waals surface area contributed by atoms with Crippen molar-refractivity contribution >= 4 is 17.2 Å². The first-order chi connectivity index (χ1) is 14.2. The maximum absolute atomic E-state index is 12.9. The monoisotopic (exact) mass is 408 g/mol. The predicted molar refractivity (Wildman–Crippen MR) is 108 cm³/mol. The zero-order valence-electron chi connectivity index (χ0n) is 15.3. The molecule has 29 heavy (non-hydrogen) atoms. The molecule has 0 bridgehead atoms. The third kappa shape index (κ3) is 5.08. The number of amides is 1. The summed E-state index contributed by atoms with van der Waals surface area (Å²) in [6.07, 6.45) is 1.81. The minimum absolute atomic E-state index is 0.104. The minimum Gasteiger partial charge on any atom is -0.462 e. The Labute approximate surface area is 170 Å². The van der Waals surface area contributed by atoms with E-state index in [4.69, 9.17) is 9.15 Å². The number of carbonyl (C=O) groups is 1. The number of halogens is 1. The van der Waals surface area contributed by atoms with Gasteiger partial charge in [0.05, 0.1) is 18.4 Å². The predicted octanol–water partition coefficient (Wildman–Crippen LogP) is 5.19. The van der Waals surface area contributed by atoms with Crippen LogP contribution in [0.15, 0.2) is 76.7 Å². The van der Waals surface area contributed by atoms with Gasteiger partial charge < -0.3 is 14.5 Å². The van der Waals surface area contributed by atoms with Crippen LogP contribution in [0, 0.1) is 5.82 Å². The highest BCUT2D eigenvalue weighted by Gasteiger charge is 2.10. The summed E-state index contributed by atoms with van der Waals surface area (Å²) < 4.78 is 23.9. The van der Waals surface area contributed by atoms with Crippen molar-refractivity contribution in [2.45, 2.75) is 13.0 Å². The normalized spacial score (nSPS) is 10.7. The number of benzene rings is 2. The van der Waals surface area contributed by atoms with Crippen LogP contribution in [-0.4, -0.2) is 10.9 Å². The first kappa shape index (κ1) is 18.9. The smallest absolute Gasteiger partial charge is 0.226 e. The van der Waals surface area contributed by atoms with E-state index >= 15 is 0 Å². The summed E-state index contributed by atoms with van der Waals surface area (Å²) in [7, 11) is 0.